The monoisotopic (exact) mass is 423 g/mol. The van der Waals surface area contributed by atoms with Crippen molar-refractivity contribution in [1.29, 1.82) is 0 Å². The fourth-order valence-corrected chi connectivity index (χ4v) is 3.94. The Morgan fingerprint density at radius 2 is 1.97 bits per heavy atom. The van der Waals surface area contributed by atoms with Crippen LogP contribution >= 0.6 is 0 Å². The number of urea groups is 1. The van der Waals surface area contributed by atoms with E-state index in [1.165, 1.54) is 28.4 Å². The molecule has 1 aliphatic heterocycles. The van der Waals surface area contributed by atoms with E-state index in [0.717, 1.165) is 39.4 Å². The largest absolute Gasteiger partial charge is 0.489 e. The summed E-state index contributed by atoms with van der Waals surface area (Å²) in [5, 5.41) is 6.98. The van der Waals surface area contributed by atoms with Crippen LogP contribution < -0.4 is 20.8 Å². The van der Waals surface area contributed by atoms with Crippen molar-refractivity contribution < 1.29 is 14.4 Å². The molecule has 2 aromatic carbocycles. The Morgan fingerprint density at radius 3 is 2.61 bits per heavy atom. The summed E-state index contributed by atoms with van der Waals surface area (Å²) in [4.78, 5) is 17.5. The highest BCUT2D eigenvalue weighted by atomic mass is 16.6. The molecule has 1 saturated carbocycles. The molecule has 0 bridgehead atoms. The van der Waals surface area contributed by atoms with Gasteiger partial charge in [-0.2, -0.15) is 0 Å². The van der Waals surface area contributed by atoms with E-state index >= 15 is 0 Å². The molecule has 2 amide bonds. The molecule has 2 aliphatic rings. The van der Waals surface area contributed by atoms with Gasteiger partial charge >= 0.3 is 6.03 Å². The van der Waals surface area contributed by atoms with E-state index in [1.807, 2.05) is 39.0 Å². The number of anilines is 1. The Bertz CT molecular complexity index is 1030. The maximum atomic E-state index is 12.5. The van der Waals surface area contributed by atoms with Crippen molar-refractivity contribution in [2.45, 2.75) is 46.1 Å². The van der Waals surface area contributed by atoms with Crippen LogP contribution in [-0.4, -0.2) is 30.9 Å². The number of amides is 2. The minimum Gasteiger partial charge on any atom is -0.489 e. The molecule has 8 nitrogen and oxygen atoms in total. The number of nitrogens with zero attached hydrogens (tertiary/aromatic N) is 3. The van der Waals surface area contributed by atoms with E-state index < -0.39 is 0 Å². The van der Waals surface area contributed by atoms with Crippen molar-refractivity contribution >= 4 is 17.4 Å². The fraction of sp³-hybridized carbons (Fsp3) is 0.391. The van der Waals surface area contributed by atoms with Crippen molar-refractivity contribution in [2.75, 3.05) is 19.2 Å². The number of nitrogens with one attached hydrogen (secondary N) is 2. The van der Waals surface area contributed by atoms with Gasteiger partial charge in [0.1, 0.15) is 19.5 Å². The molecule has 2 fully saturated rings. The molecule has 0 radical (unpaired) electrons. The smallest absolute Gasteiger partial charge is 0.355 e. The molecule has 0 spiro atoms. The van der Waals surface area contributed by atoms with Gasteiger partial charge < -0.3 is 9.57 Å². The quantitative estimate of drug-likeness (QED) is 0.521. The maximum absolute atomic E-state index is 12.5. The lowest BCUT2D eigenvalue weighted by molar-refractivity contribution is 0.213. The number of rotatable bonds is 7. The lowest BCUT2D eigenvalue weighted by Crippen LogP contribution is -2.38. The first kappa shape index (κ1) is 21.1. The van der Waals surface area contributed by atoms with Crippen LogP contribution in [0.15, 0.2) is 35.5 Å². The molecule has 1 saturated heterocycles. The van der Waals surface area contributed by atoms with E-state index in [1.54, 1.807) is 14.2 Å². The zero-order valence-corrected chi connectivity index (χ0v) is 18.7. The number of carbonyl (C=O) groups is 1. The predicted octanol–water partition coefficient (Wildman–Crippen LogP) is 3.93. The highest BCUT2D eigenvalue weighted by molar-refractivity contribution is 6.00. The van der Waals surface area contributed by atoms with E-state index in [9.17, 15) is 4.79 Å². The molecule has 164 valence electrons. The minimum absolute atomic E-state index is 0.168. The van der Waals surface area contributed by atoms with Crippen molar-refractivity contribution in [1.82, 2.24) is 16.1 Å². The summed E-state index contributed by atoms with van der Waals surface area (Å²) in [5.74, 6) is 1.35. The van der Waals surface area contributed by atoms with Gasteiger partial charge in [-0.1, -0.05) is 17.3 Å². The predicted molar refractivity (Wildman–Crippen MR) is 120 cm³/mol. The first-order valence-corrected chi connectivity index (χ1v) is 10.4. The van der Waals surface area contributed by atoms with Crippen LogP contribution in [0.5, 0.6) is 5.75 Å². The first-order valence-electron chi connectivity index (χ1n) is 10.4. The molecule has 0 atom stereocenters. The SMILES string of the molecule is CON=C(C)c1cc(C)c(OCc2c(C3CC3)cccc2N2NNN(C)C2=O)cc1C. The van der Waals surface area contributed by atoms with Gasteiger partial charge in [0.2, 0.25) is 0 Å². The second-order valence-corrected chi connectivity index (χ2v) is 8.10. The van der Waals surface area contributed by atoms with Gasteiger partial charge in [-0.3, -0.25) is 0 Å². The van der Waals surface area contributed by atoms with Crippen LogP contribution in [0.1, 0.15) is 53.5 Å². The van der Waals surface area contributed by atoms with Crippen molar-refractivity contribution in [2.24, 2.45) is 5.16 Å². The van der Waals surface area contributed by atoms with Gasteiger partial charge in [0.05, 0.1) is 11.4 Å². The van der Waals surface area contributed by atoms with Crippen LogP contribution in [0.2, 0.25) is 0 Å². The lowest BCUT2D eigenvalue weighted by atomic mass is 10.0. The van der Waals surface area contributed by atoms with Gasteiger partial charge in [-0.05, 0) is 74.4 Å². The third-order valence-corrected chi connectivity index (χ3v) is 5.77. The third-order valence-electron chi connectivity index (χ3n) is 5.77. The summed E-state index contributed by atoms with van der Waals surface area (Å²) in [6.45, 7) is 6.36. The summed E-state index contributed by atoms with van der Waals surface area (Å²) >= 11 is 0. The Kier molecular flexibility index (Phi) is 5.84. The molecule has 8 heteroatoms. The zero-order chi connectivity index (χ0) is 22.1. The number of hydrogen-bond acceptors (Lipinski definition) is 6. The zero-order valence-electron chi connectivity index (χ0n) is 18.7. The minimum atomic E-state index is -0.168. The number of aryl methyl sites for hydroxylation is 2. The Morgan fingerprint density at radius 1 is 1.19 bits per heavy atom. The van der Waals surface area contributed by atoms with Gasteiger partial charge in [-0.15, -0.1) is 11.1 Å². The van der Waals surface area contributed by atoms with Crippen LogP contribution in [0, 0.1) is 13.8 Å². The first-order chi connectivity index (χ1) is 14.9. The summed E-state index contributed by atoms with van der Waals surface area (Å²) in [5.41, 5.74) is 12.8. The van der Waals surface area contributed by atoms with Gasteiger partial charge in [-0.25, -0.2) is 14.8 Å². The second-order valence-electron chi connectivity index (χ2n) is 8.10. The normalized spacial score (nSPS) is 16.8. The molecule has 4 rings (SSSR count). The van der Waals surface area contributed by atoms with E-state index in [4.69, 9.17) is 9.57 Å². The lowest BCUT2D eigenvalue weighted by Gasteiger charge is -2.21. The van der Waals surface area contributed by atoms with Gasteiger partial charge in [0, 0.05) is 18.2 Å². The molecule has 1 heterocycles. The van der Waals surface area contributed by atoms with Crippen molar-refractivity contribution in [3.63, 3.8) is 0 Å². The number of benzene rings is 2. The number of hydrogen-bond donors (Lipinski definition) is 2. The van der Waals surface area contributed by atoms with Crippen molar-refractivity contribution in [3.05, 3.63) is 58.1 Å². The molecule has 31 heavy (non-hydrogen) atoms. The summed E-state index contributed by atoms with van der Waals surface area (Å²) in [6, 6.07) is 10.0. The molecule has 2 N–H and O–H groups in total. The summed E-state index contributed by atoms with van der Waals surface area (Å²) in [7, 11) is 3.23. The third kappa shape index (κ3) is 4.22. The standard InChI is InChI=1S/C23H29N5O3/c1-14-12-22(15(2)11-19(14)16(3)24-30-5)31-13-20-18(17-9-10-17)7-6-8-21(20)28-23(29)27(4)25-26-28/h6-8,11-12,17,25-26H,9-10,13H2,1-5H3. The van der Waals surface area contributed by atoms with Gasteiger partial charge in [0.25, 0.3) is 0 Å². The van der Waals surface area contributed by atoms with E-state index in [0.29, 0.717) is 12.5 Å². The Labute approximate surface area is 182 Å². The molecule has 2 aromatic rings. The summed E-state index contributed by atoms with van der Waals surface area (Å²) < 4.78 is 6.31. The van der Waals surface area contributed by atoms with Crippen LogP contribution in [0.3, 0.4) is 0 Å². The average molecular weight is 424 g/mol. The van der Waals surface area contributed by atoms with E-state index in [-0.39, 0.29) is 6.03 Å². The van der Waals surface area contributed by atoms with Gasteiger partial charge in [0.15, 0.2) is 0 Å². The highest BCUT2D eigenvalue weighted by Crippen LogP contribution is 2.44. The summed E-state index contributed by atoms with van der Waals surface area (Å²) in [6.07, 6.45) is 2.34. The number of ether oxygens (including phenoxy) is 1. The molecule has 0 aromatic heterocycles. The molecule has 0 unspecified atom stereocenters. The molecular formula is C23H29N5O3. The second kappa shape index (κ2) is 8.56. The van der Waals surface area contributed by atoms with Crippen molar-refractivity contribution in [3.8, 4) is 5.75 Å². The van der Waals surface area contributed by atoms with Crippen LogP contribution in [-0.2, 0) is 11.4 Å². The Hall–Kier alpha value is -3.10. The average Bonchev–Trinajstić information content (AvgIpc) is 3.54. The fourth-order valence-electron chi connectivity index (χ4n) is 3.94. The topological polar surface area (TPSA) is 78.4 Å². The van der Waals surface area contributed by atoms with Crippen LogP contribution in [0.4, 0.5) is 10.5 Å². The number of hydrazine groups is 3. The highest BCUT2D eigenvalue weighted by Gasteiger charge is 2.32. The Balaban J connectivity index is 1.64. The number of carbonyl (C=O) groups excluding carboxylic acids is 1. The number of oxime groups is 1. The van der Waals surface area contributed by atoms with E-state index in [2.05, 4.69) is 28.4 Å². The molecule has 1 aliphatic carbocycles. The van der Waals surface area contributed by atoms with Crippen LogP contribution in [0.25, 0.3) is 0 Å². The maximum Gasteiger partial charge on any atom is 0.355 e. The molecular weight excluding hydrogens is 394 g/mol.